The summed E-state index contributed by atoms with van der Waals surface area (Å²) in [6.45, 7) is 5.12. The number of unbranched alkanes of at least 4 members (excludes halogenated alkanes) is 1. The van der Waals surface area contributed by atoms with Crippen molar-refractivity contribution >= 4 is 23.2 Å². The molecular formula is C18H25N3O3S. The Bertz CT molecular complexity index is 657. The smallest absolute Gasteiger partial charge is 0.252 e. The molecule has 3 saturated heterocycles. The van der Waals surface area contributed by atoms with Crippen LogP contribution in [0.2, 0.25) is 0 Å². The van der Waals surface area contributed by atoms with Crippen molar-refractivity contribution in [2.24, 2.45) is 0 Å². The maximum absolute atomic E-state index is 13.2. The number of hydrogen-bond donors (Lipinski definition) is 1. The second-order valence-electron chi connectivity index (χ2n) is 7.46. The summed E-state index contributed by atoms with van der Waals surface area (Å²) in [5, 5.41) is 12.2. The molecule has 3 aliphatic heterocycles. The number of amides is 2. The molecule has 2 atom stereocenters. The van der Waals surface area contributed by atoms with Crippen LogP contribution >= 0.6 is 11.3 Å². The van der Waals surface area contributed by atoms with E-state index in [1.54, 1.807) is 11.3 Å². The topological polar surface area (TPSA) is 64.1 Å². The standard InChI is InChI=1S/C18H25N3O3S/c1-2-3-6-20-16(23)15-8-13(22)9-21(15)18(17(20)24)11-19(12-18)10-14-5-4-7-25-14/h4-5,7,13,15,22H,2-3,6,8-12H2,1H3/t13-,15+/m1/s1. The van der Waals surface area contributed by atoms with Crippen molar-refractivity contribution in [3.63, 3.8) is 0 Å². The average molecular weight is 363 g/mol. The van der Waals surface area contributed by atoms with E-state index in [1.807, 2.05) is 11.0 Å². The van der Waals surface area contributed by atoms with Gasteiger partial charge in [-0.05, 0) is 24.3 Å². The monoisotopic (exact) mass is 363 g/mol. The summed E-state index contributed by atoms with van der Waals surface area (Å²) < 4.78 is 0. The van der Waals surface area contributed by atoms with E-state index < -0.39 is 11.6 Å². The lowest BCUT2D eigenvalue weighted by atomic mass is 9.82. The summed E-state index contributed by atoms with van der Waals surface area (Å²) in [4.78, 5) is 33.0. The van der Waals surface area contributed by atoms with Crippen LogP contribution in [0, 0.1) is 0 Å². The Morgan fingerprint density at radius 3 is 2.84 bits per heavy atom. The van der Waals surface area contributed by atoms with Gasteiger partial charge < -0.3 is 5.11 Å². The molecule has 0 aromatic carbocycles. The number of β-amino-alcohol motifs (C(OH)–C–C–N with tert-alkyl or cyclic N) is 1. The van der Waals surface area contributed by atoms with E-state index in [4.69, 9.17) is 0 Å². The molecule has 3 fully saturated rings. The first kappa shape index (κ1) is 17.1. The lowest BCUT2D eigenvalue weighted by Crippen LogP contribution is -2.81. The quantitative estimate of drug-likeness (QED) is 0.788. The van der Waals surface area contributed by atoms with Gasteiger partial charge in [-0.1, -0.05) is 19.4 Å². The fourth-order valence-corrected chi connectivity index (χ4v) is 5.19. The summed E-state index contributed by atoms with van der Waals surface area (Å²) >= 11 is 1.72. The van der Waals surface area contributed by atoms with Gasteiger partial charge in [0.15, 0.2) is 0 Å². The van der Waals surface area contributed by atoms with Gasteiger partial charge in [0.2, 0.25) is 5.91 Å². The second kappa shape index (κ2) is 6.46. The molecule has 1 aromatic heterocycles. The zero-order valence-corrected chi connectivity index (χ0v) is 15.4. The van der Waals surface area contributed by atoms with Crippen molar-refractivity contribution in [3.05, 3.63) is 22.4 Å². The number of thiophene rings is 1. The Morgan fingerprint density at radius 2 is 2.16 bits per heavy atom. The van der Waals surface area contributed by atoms with E-state index in [-0.39, 0.29) is 17.9 Å². The van der Waals surface area contributed by atoms with Gasteiger partial charge >= 0.3 is 0 Å². The van der Waals surface area contributed by atoms with Crippen molar-refractivity contribution in [2.45, 2.75) is 50.4 Å². The van der Waals surface area contributed by atoms with Crippen molar-refractivity contribution < 1.29 is 14.7 Å². The molecule has 1 N–H and O–H groups in total. The highest BCUT2D eigenvalue weighted by Crippen LogP contribution is 2.41. The Kier molecular flexibility index (Phi) is 4.43. The van der Waals surface area contributed by atoms with Crippen molar-refractivity contribution in [1.29, 1.82) is 0 Å². The third kappa shape index (κ3) is 2.73. The fourth-order valence-electron chi connectivity index (χ4n) is 4.45. The zero-order chi connectivity index (χ0) is 17.6. The van der Waals surface area contributed by atoms with Gasteiger partial charge in [-0.15, -0.1) is 11.3 Å². The molecule has 2 amide bonds. The minimum absolute atomic E-state index is 0.0567. The van der Waals surface area contributed by atoms with Crippen molar-refractivity contribution in [3.8, 4) is 0 Å². The number of fused-ring (bicyclic) bond motifs is 2. The van der Waals surface area contributed by atoms with E-state index in [0.29, 0.717) is 32.6 Å². The highest BCUT2D eigenvalue weighted by molar-refractivity contribution is 7.09. The van der Waals surface area contributed by atoms with E-state index in [0.717, 1.165) is 19.4 Å². The van der Waals surface area contributed by atoms with Crippen LogP contribution in [-0.4, -0.2) is 75.5 Å². The third-order valence-corrected chi connectivity index (χ3v) is 6.55. The maximum atomic E-state index is 13.2. The molecule has 136 valence electrons. The third-order valence-electron chi connectivity index (χ3n) is 5.69. The first-order valence-electron chi connectivity index (χ1n) is 9.10. The SMILES string of the molecule is CCCCN1C(=O)[C@@H]2C[C@@H](O)CN2C2(CN(Cc3cccs3)C2)C1=O. The fraction of sp³-hybridized carbons (Fsp3) is 0.667. The van der Waals surface area contributed by atoms with Crippen LogP contribution in [0.25, 0.3) is 0 Å². The molecule has 4 heterocycles. The summed E-state index contributed by atoms with van der Waals surface area (Å²) in [7, 11) is 0. The summed E-state index contributed by atoms with van der Waals surface area (Å²) in [5.74, 6) is -0.170. The molecule has 4 rings (SSSR count). The lowest BCUT2D eigenvalue weighted by Gasteiger charge is -2.58. The van der Waals surface area contributed by atoms with E-state index >= 15 is 0 Å². The molecule has 0 radical (unpaired) electrons. The zero-order valence-electron chi connectivity index (χ0n) is 14.6. The highest BCUT2D eigenvalue weighted by atomic mass is 32.1. The normalized spacial score (nSPS) is 29.3. The molecule has 0 saturated carbocycles. The molecule has 0 bridgehead atoms. The molecule has 3 aliphatic rings. The first-order chi connectivity index (χ1) is 12.0. The van der Waals surface area contributed by atoms with Crippen LogP contribution in [-0.2, 0) is 16.1 Å². The van der Waals surface area contributed by atoms with Crippen LogP contribution in [0.3, 0.4) is 0 Å². The predicted molar refractivity (Wildman–Crippen MR) is 95.1 cm³/mol. The molecular weight excluding hydrogens is 338 g/mol. The minimum atomic E-state index is -0.624. The van der Waals surface area contributed by atoms with Crippen LogP contribution < -0.4 is 0 Å². The lowest BCUT2D eigenvalue weighted by molar-refractivity contribution is -0.180. The number of aliphatic hydroxyl groups excluding tert-OH is 1. The van der Waals surface area contributed by atoms with Gasteiger partial charge in [0.05, 0.1) is 12.1 Å². The van der Waals surface area contributed by atoms with Gasteiger partial charge in [0.25, 0.3) is 5.91 Å². The number of carbonyl (C=O) groups is 2. The summed E-state index contributed by atoms with van der Waals surface area (Å²) in [6.07, 6.45) is 1.71. The number of hydrogen-bond acceptors (Lipinski definition) is 6. The number of imide groups is 1. The van der Waals surface area contributed by atoms with E-state index in [9.17, 15) is 14.7 Å². The number of likely N-dealkylation sites (tertiary alicyclic amines) is 1. The van der Waals surface area contributed by atoms with Gasteiger partial charge in [-0.3, -0.25) is 24.3 Å². The average Bonchev–Trinajstić information content (AvgIpc) is 3.19. The van der Waals surface area contributed by atoms with Crippen LogP contribution in [0.5, 0.6) is 0 Å². The van der Waals surface area contributed by atoms with E-state index in [2.05, 4.69) is 23.3 Å². The Balaban J connectivity index is 1.55. The number of carbonyl (C=O) groups excluding carboxylic acids is 2. The molecule has 1 spiro atoms. The number of rotatable bonds is 5. The molecule has 7 heteroatoms. The molecule has 6 nitrogen and oxygen atoms in total. The van der Waals surface area contributed by atoms with E-state index in [1.165, 1.54) is 9.78 Å². The van der Waals surface area contributed by atoms with Crippen LogP contribution in [0.1, 0.15) is 31.1 Å². The Labute approximate surface area is 152 Å². The number of piperazine rings is 1. The van der Waals surface area contributed by atoms with Gasteiger partial charge in [-0.25, -0.2) is 0 Å². The first-order valence-corrected chi connectivity index (χ1v) is 9.98. The van der Waals surface area contributed by atoms with Crippen molar-refractivity contribution in [2.75, 3.05) is 26.2 Å². The van der Waals surface area contributed by atoms with Crippen LogP contribution in [0.4, 0.5) is 0 Å². The number of nitrogens with zero attached hydrogens (tertiary/aromatic N) is 3. The van der Waals surface area contributed by atoms with Gasteiger partial charge in [0.1, 0.15) is 5.54 Å². The van der Waals surface area contributed by atoms with Gasteiger partial charge in [-0.2, -0.15) is 0 Å². The predicted octanol–water partition coefficient (Wildman–Crippen LogP) is 0.907. The minimum Gasteiger partial charge on any atom is -0.392 e. The largest absolute Gasteiger partial charge is 0.392 e. The van der Waals surface area contributed by atoms with Crippen LogP contribution in [0.15, 0.2) is 17.5 Å². The summed E-state index contributed by atoms with van der Waals surface area (Å²) in [5.41, 5.74) is -0.624. The molecule has 0 aliphatic carbocycles. The molecule has 25 heavy (non-hydrogen) atoms. The Morgan fingerprint density at radius 1 is 1.36 bits per heavy atom. The summed E-state index contributed by atoms with van der Waals surface area (Å²) in [6, 6.07) is 3.81. The van der Waals surface area contributed by atoms with Crippen molar-refractivity contribution in [1.82, 2.24) is 14.7 Å². The molecule has 0 unspecified atom stereocenters. The second-order valence-corrected chi connectivity index (χ2v) is 8.49. The highest BCUT2D eigenvalue weighted by Gasteiger charge is 2.63. The van der Waals surface area contributed by atoms with Gasteiger partial charge in [0, 0.05) is 37.6 Å². The molecule has 1 aromatic rings. The Hall–Kier alpha value is -1.28. The number of aliphatic hydroxyl groups is 1. The maximum Gasteiger partial charge on any atom is 0.252 e.